The highest BCUT2D eigenvalue weighted by Crippen LogP contribution is 2.07. The van der Waals surface area contributed by atoms with Gasteiger partial charge in [0.15, 0.2) is 0 Å². The third-order valence-electron chi connectivity index (χ3n) is 2.40. The summed E-state index contributed by atoms with van der Waals surface area (Å²) >= 11 is 0. The second-order valence-corrected chi connectivity index (χ2v) is 3.83. The molecule has 0 aliphatic heterocycles. The molecule has 0 bridgehead atoms. The van der Waals surface area contributed by atoms with E-state index in [1.165, 1.54) is 12.1 Å². The lowest BCUT2D eigenvalue weighted by Crippen LogP contribution is -2.05. The summed E-state index contributed by atoms with van der Waals surface area (Å²) in [4.78, 5) is 0. The summed E-state index contributed by atoms with van der Waals surface area (Å²) in [5.74, 6) is 0.321. The van der Waals surface area contributed by atoms with E-state index in [1.54, 1.807) is 12.1 Å². The molecule has 0 amide bonds. The Morgan fingerprint density at radius 3 is 2.72 bits per heavy atom. The van der Waals surface area contributed by atoms with E-state index >= 15 is 0 Å². The first-order chi connectivity index (χ1) is 8.78. The van der Waals surface area contributed by atoms with E-state index in [-0.39, 0.29) is 5.82 Å². The molecule has 5 nitrogen and oxygen atoms in total. The van der Waals surface area contributed by atoms with Gasteiger partial charge >= 0.3 is 6.01 Å². The molecule has 0 saturated heterocycles. The van der Waals surface area contributed by atoms with Crippen LogP contribution in [-0.2, 0) is 13.0 Å². The number of nitrogens with one attached hydrogen (secondary N) is 2. The van der Waals surface area contributed by atoms with E-state index in [4.69, 9.17) is 4.42 Å². The van der Waals surface area contributed by atoms with Gasteiger partial charge in [0, 0.05) is 6.54 Å². The Balaban J connectivity index is 1.79. The third kappa shape index (κ3) is 3.53. The number of anilines is 1. The number of nitrogens with zero attached hydrogens (tertiary/aromatic N) is 2. The molecule has 96 valence electrons. The van der Waals surface area contributed by atoms with Crippen molar-refractivity contribution in [1.82, 2.24) is 15.5 Å². The molecule has 0 unspecified atom stereocenters. The van der Waals surface area contributed by atoms with Gasteiger partial charge in [-0.2, -0.15) is 0 Å². The summed E-state index contributed by atoms with van der Waals surface area (Å²) in [7, 11) is 1.81. The van der Waals surface area contributed by atoms with Crippen LogP contribution in [0, 0.1) is 5.82 Å². The second kappa shape index (κ2) is 6.11. The topological polar surface area (TPSA) is 63.0 Å². The predicted octanol–water partition coefficient (Wildman–Crippen LogP) is 1.58. The first kappa shape index (κ1) is 12.5. The van der Waals surface area contributed by atoms with Gasteiger partial charge in [-0.1, -0.05) is 17.2 Å². The average molecular weight is 250 g/mol. The molecule has 18 heavy (non-hydrogen) atoms. The summed E-state index contributed by atoms with van der Waals surface area (Å²) in [5.41, 5.74) is 1.05. The molecule has 1 aromatic heterocycles. The molecule has 2 rings (SSSR count). The Hall–Kier alpha value is -1.95. The van der Waals surface area contributed by atoms with Crippen LogP contribution in [0.2, 0.25) is 0 Å². The van der Waals surface area contributed by atoms with E-state index in [1.807, 2.05) is 7.05 Å². The largest absolute Gasteiger partial charge is 0.407 e. The molecule has 0 aliphatic rings. The van der Waals surface area contributed by atoms with Crippen LogP contribution in [0.1, 0.15) is 11.5 Å². The van der Waals surface area contributed by atoms with Crippen LogP contribution in [0.3, 0.4) is 0 Å². The highest BCUT2D eigenvalue weighted by molar-refractivity contribution is 5.20. The Labute approximate surface area is 104 Å². The first-order valence-corrected chi connectivity index (χ1v) is 5.73. The standard InChI is InChI=1S/C12H15FN4O/c1-14-8-11-16-17-12(18-11)15-7-6-9-2-4-10(13)5-3-9/h2-5,14H,6-8H2,1H3,(H,15,17). The summed E-state index contributed by atoms with van der Waals surface area (Å²) in [6.45, 7) is 1.21. The number of benzene rings is 1. The Morgan fingerprint density at radius 2 is 2.00 bits per heavy atom. The van der Waals surface area contributed by atoms with Crippen LogP contribution in [0.4, 0.5) is 10.4 Å². The Kier molecular flexibility index (Phi) is 4.25. The van der Waals surface area contributed by atoms with Crippen molar-refractivity contribution < 1.29 is 8.81 Å². The van der Waals surface area contributed by atoms with Crippen LogP contribution in [-0.4, -0.2) is 23.8 Å². The molecule has 0 spiro atoms. The first-order valence-electron chi connectivity index (χ1n) is 5.73. The van der Waals surface area contributed by atoms with E-state index < -0.39 is 0 Å². The van der Waals surface area contributed by atoms with Crippen molar-refractivity contribution in [2.24, 2.45) is 0 Å². The van der Waals surface area contributed by atoms with Crippen LogP contribution in [0.15, 0.2) is 28.7 Å². The molecule has 2 N–H and O–H groups in total. The van der Waals surface area contributed by atoms with Gasteiger partial charge in [0.1, 0.15) is 5.82 Å². The van der Waals surface area contributed by atoms with Crippen molar-refractivity contribution in [3.63, 3.8) is 0 Å². The van der Waals surface area contributed by atoms with E-state index in [0.29, 0.717) is 25.0 Å². The van der Waals surface area contributed by atoms with Crippen molar-refractivity contribution in [1.29, 1.82) is 0 Å². The highest BCUT2D eigenvalue weighted by Gasteiger charge is 2.03. The van der Waals surface area contributed by atoms with Crippen LogP contribution >= 0.6 is 0 Å². The van der Waals surface area contributed by atoms with Gasteiger partial charge in [0.2, 0.25) is 5.89 Å². The van der Waals surface area contributed by atoms with E-state index in [9.17, 15) is 4.39 Å². The molecule has 0 fully saturated rings. The minimum absolute atomic E-state index is 0.222. The van der Waals surface area contributed by atoms with Crippen LogP contribution in [0.5, 0.6) is 0 Å². The zero-order chi connectivity index (χ0) is 12.8. The number of aromatic nitrogens is 2. The second-order valence-electron chi connectivity index (χ2n) is 3.83. The summed E-state index contributed by atoms with van der Waals surface area (Å²) in [5, 5.41) is 13.7. The van der Waals surface area contributed by atoms with Gasteiger partial charge in [-0.3, -0.25) is 0 Å². The minimum atomic E-state index is -0.222. The maximum absolute atomic E-state index is 12.7. The molecular weight excluding hydrogens is 235 g/mol. The van der Waals surface area contributed by atoms with Crippen molar-refractivity contribution in [3.8, 4) is 0 Å². The normalized spacial score (nSPS) is 10.6. The van der Waals surface area contributed by atoms with Gasteiger partial charge in [-0.15, -0.1) is 5.10 Å². The maximum atomic E-state index is 12.7. The highest BCUT2D eigenvalue weighted by atomic mass is 19.1. The van der Waals surface area contributed by atoms with Gasteiger partial charge in [0.05, 0.1) is 6.54 Å². The van der Waals surface area contributed by atoms with Gasteiger partial charge in [-0.05, 0) is 31.2 Å². The third-order valence-corrected chi connectivity index (χ3v) is 2.40. The Bertz CT molecular complexity index is 483. The van der Waals surface area contributed by atoms with Crippen molar-refractivity contribution in [2.75, 3.05) is 18.9 Å². The molecule has 1 aromatic carbocycles. The molecule has 1 heterocycles. The molecular formula is C12H15FN4O. The van der Waals surface area contributed by atoms with Crippen LogP contribution < -0.4 is 10.6 Å². The average Bonchev–Trinajstić information content (AvgIpc) is 2.80. The number of hydrogen-bond acceptors (Lipinski definition) is 5. The SMILES string of the molecule is CNCc1nnc(NCCc2ccc(F)cc2)o1. The number of halogens is 1. The van der Waals surface area contributed by atoms with Gasteiger partial charge in [-0.25, -0.2) is 4.39 Å². The van der Waals surface area contributed by atoms with Gasteiger partial charge < -0.3 is 15.1 Å². The molecule has 6 heteroatoms. The fourth-order valence-electron chi connectivity index (χ4n) is 1.51. The lowest BCUT2D eigenvalue weighted by molar-refractivity contribution is 0.489. The lowest BCUT2D eigenvalue weighted by atomic mass is 10.1. The molecule has 0 radical (unpaired) electrons. The quantitative estimate of drug-likeness (QED) is 0.815. The Morgan fingerprint density at radius 1 is 1.22 bits per heavy atom. The van der Waals surface area contributed by atoms with E-state index in [2.05, 4.69) is 20.8 Å². The lowest BCUT2D eigenvalue weighted by Gasteiger charge is -2.01. The summed E-state index contributed by atoms with van der Waals surface area (Å²) in [6.07, 6.45) is 0.768. The monoisotopic (exact) mass is 250 g/mol. The maximum Gasteiger partial charge on any atom is 0.315 e. The smallest absolute Gasteiger partial charge is 0.315 e. The summed E-state index contributed by atoms with van der Waals surface area (Å²) < 4.78 is 18.0. The zero-order valence-electron chi connectivity index (χ0n) is 10.1. The molecule has 2 aromatic rings. The van der Waals surface area contributed by atoms with Crippen LogP contribution in [0.25, 0.3) is 0 Å². The van der Waals surface area contributed by atoms with Crippen molar-refractivity contribution in [2.45, 2.75) is 13.0 Å². The molecule has 0 aliphatic carbocycles. The minimum Gasteiger partial charge on any atom is -0.407 e. The van der Waals surface area contributed by atoms with Crippen molar-refractivity contribution in [3.05, 3.63) is 41.5 Å². The fourth-order valence-corrected chi connectivity index (χ4v) is 1.51. The molecule has 0 saturated carbocycles. The van der Waals surface area contributed by atoms with Gasteiger partial charge in [0.25, 0.3) is 0 Å². The zero-order valence-corrected chi connectivity index (χ0v) is 10.1. The number of hydrogen-bond donors (Lipinski definition) is 2. The van der Waals surface area contributed by atoms with Crippen molar-refractivity contribution >= 4 is 6.01 Å². The van der Waals surface area contributed by atoms with E-state index in [0.717, 1.165) is 12.0 Å². The fraction of sp³-hybridized carbons (Fsp3) is 0.333. The number of rotatable bonds is 6. The summed E-state index contributed by atoms with van der Waals surface area (Å²) in [6, 6.07) is 6.83. The predicted molar refractivity (Wildman–Crippen MR) is 65.7 cm³/mol. The molecule has 0 atom stereocenters.